The Morgan fingerprint density at radius 1 is 0.885 bits per heavy atom. The van der Waals surface area contributed by atoms with E-state index >= 15 is 0 Å². The molecule has 2 aromatic carbocycles. The molecule has 0 aliphatic carbocycles. The first-order valence-corrected chi connectivity index (χ1v) is 7.19. The summed E-state index contributed by atoms with van der Waals surface area (Å²) in [5.41, 5.74) is 0.332. The van der Waals surface area contributed by atoms with Crippen LogP contribution in [0.5, 0.6) is 0 Å². The van der Waals surface area contributed by atoms with Gasteiger partial charge in [0.1, 0.15) is 0 Å². The molecular formula is C16H14F3N3O4. The van der Waals surface area contributed by atoms with E-state index in [0.29, 0.717) is 11.3 Å². The minimum absolute atomic E-state index is 0.0114. The van der Waals surface area contributed by atoms with Gasteiger partial charge < -0.3 is 15.5 Å². The van der Waals surface area contributed by atoms with Crippen molar-refractivity contribution in [2.24, 2.45) is 0 Å². The highest BCUT2D eigenvalue weighted by atomic mass is 19.4. The number of carbonyl (C=O) groups is 2. The molecule has 0 atom stereocenters. The zero-order valence-electron chi connectivity index (χ0n) is 13.1. The third-order valence-corrected chi connectivity index (χ3v) is 3.28. The molecular weight excluding hydrogens is 355 g/mol. The Morgan fingerprint density at radius 3 is 2.00 bits per heavy atom. The third kappa shape index (κ3) is 5.30. The minimum Gasteiger partial charge on any atom is -0.465 e. The molecule has 0 aliphatic rings. The number of benzene rings is 2. The zero-order valence-corrected chi connectivity index (χ0v) is 13.1. The summed E-state index contributed by atoms with van der Waals surface area (Å²) in [6, 6.07) is 8.81. The minimum atomic E-state index is -4.41. The van der Waals surface area contributed by atoms with Crippen LogP contribution in [0.2, 0.25) is 0 Å². The van der Waals surface area contributed by atoms with Crippen molar-refractivity contribution in [1.82, 2.24) is 0 Å². The summed E-state index contributed by atoms with van der Waals surface area (Å²) in [5.74, 6) is 0. The molecule has 0 saturated heterocycles. The van der Waals surface area contributed by atoms with Gasteiger partial charge in [-0.15, -0.1) is 0 Å². The topological polar surface area (TPSA) is 111 Å². The molecule has 0 radical (unpaired) electrons. The number of hydrogen-bond acceptors (Lipinski definition) is 3. The molecule has 0 fully saturated rings. The summed E-state index contributed by atoms with van der Waals surface area (Å²) in [6.07, 6.45) is -7.14. The number of nitrogens with one attached hydrogen (secondary N) is 3. The van der Waals surface area contributed by atoms with Gasteiger partial charge in [0.2, 0.25) is 0 Å². The van der Waals surface area contributed by atoms with Crippen molar-refractivity contribution < 1.29 is 33.0 Å². The third-order valence-electron chi connectivity index (χ3n) is 3.28. The van der Waals surface area contributed by atoms with Gasteiger partial charge in [-0.2, -0.15) is 13.2 Å². The van der Waals surface area contributed by atoms with Crippen LogP contribution in [0.3, 0.4) is 0 Å². The molecule has 7 nitrogen and oxygen atoms in total. The fourth-order valence-electron chi connectivity index (χ4n) is 2.11. The molecule has 0 aromatic heterocycles. The van der Waals surface area contributed by atoms with Gasteiger partial charge in [0.05, 0.1) is 16.9 Å². The van der Waals surface area contributed by atoms with Gasteiger partial charge in [-0.3, -0.25) is 10.6 Å². The van der Waals surface area contributed by atoms with Gasteiger partial charge >= 0.3 is 18.4 Å². The van der Waals surface area contributed by atoms with Crippen molar-refractivity contribution in [1.29, 1.82) is 0 Å². The van der Waals surface area contributed by atoms with Gasteiger partial charge in [-0.25, -0.2) is 9.59 Å². The predicted octanol–water partition coefficient (Wildman–Crippen LogP) is 4.50. The van der Waals surface area contributed by atoms with Crippen molar-refractivity contribution >= 4 is 29.2 Å². The number of halogens is 3. The van der Waals surface area contributed by atoms with E-state index in [1.807, 2.05) is 0 Å². The smallest absolute Gasteiger partial charge is 0.416 e. The molecule has 5 N–H and O–H groups in total. The van der Waals surface area contributed by atoms with Crippen LogP contribution in [0.15, 0.2) is 42.5 Å². The van der Waals surface area contributed by atoms with E-state index in [-0.39, 0.29) is 17.9 Å². The maximum Gasteiger partial charge on any atom is 0.416 e. The van der Waals surface area contributed by atoms with Crippen molar-refractivity contribution in [3.63, 3.8) is 0 Å². The normalized spacial score (nSPS) is 10.9. The Kier molecular flexibility index (Phi) is 5.55. The summed E-state index contributed by atoms with van der Waals surface area (Å²) in [4.78, 5) is 21.5. The highest BCUT2D eigenvalue weighted by Crippen LogP contribution is 2.29. The first-order chi connectivity index (χ1) is 12.1. The number of alkyl halides is 3. The molecule has 10 heteroatoms. The van der Waals surface area contributed by atoms with Crippen molar-refractivity contribution in [2.45, 2.75) is 12.7 Å². The second kappa shape index (κ2) is 7.64. The van der Waals surface area contributed by atoms with Gasteiger partial charge in [-0.1, -0.05) is 12.1 Å². The number of carboxylic acid groups (broad SMARTS) is 2. The van der Waals surface area contributed by atoms with E-state index in [0.717, 1.165) is 12.1 Å². The Morgan fingerprint density at radius 2 is 1.46 bits per heavy atom. The lowest BCUT2D eigenvalue weighted by Gasteiger charge is -2.13. The molecule has 0 aliphatic heterocycles. The first-order valence-electron chi connectivity index (χ1n) is 7.19. The summed E-state index contributed by atoms with van der Waals surface area (Å²) < 4.78 is 37.6. The highest BCUT2D eigenvalue weighted by molar-refractivity contribution is 5.95. The van der Waals surface area contributed by atoms with E-state index in [9.17, 15) is 22.8 Å². The van der Waals surface area contributed by atoms with Crippen molar-refractivity contribution in [2.75, 3.05) is 16.0 Å². The predicted molar refractivity (Wildman–Crippen MR) is 88.5 cm³/mol. The Labute approximate surface area is 145 Å². The number of rotatable bonds is 5. The Hall–Kier alpha value is -3.43. The van der Waals surface area contributed by atoms with Crippen molar-refractivity contribution in [3.05, 3.63) is 53.6 Å². The molecule has 0 saturated carbocycles. The van der Waals surface area contributed by atoms with Crippen LogP contribution in [0.25, 0.3) is 0 Å². The fraction of sp³-hybridized carbons (Fsp3) is 0.125. The average Bonchev–Trinajstić information content (AvgIpc) is 2.53. The monoisotopic (exact) mass is 369 g/mol. The van der Waals surface area contributed by atoms with Crippen LogP contribution in [0, 0.1) is 0 Å². The molecule has 2 amide bonds. The van der Waals surface area contributed by atoms with Crippen molar-refractivity contribution in [3.8, 4) is 0 Å². The Bertz CT molecular complexity index is 807. The molecule has 0 heterocycles. The van der Waals surface area contributed by atoms with Crippen LogP contribution < -0.4 is 16.0 Å². The summed E-state index contributed by atoms with van der Waals surface area (Å²) >= 11 is 0. The molecule has 26 heavy (non-hydrogen) atoms. The summed E-state index contributed by atoms with van der Waals surface area (Å²) in [5, 5.41) is 24.6. The lowest BCUT2D eigenvalue weighted by Crippen LogP contribution is -2.13. The van der Waals surface area contributed by atoms with Gasteiger partial charge in [-0.05, 0) is 35.9 Å². The van der Waals surface area contributed by atoms with Crippen LogP contribution in [0.1, 0.15) is 11.1 Å². The molecule has 138 valence electrons. The van der Waals surface area contributed by atoms with Crippen LogP contribution in [-0.4, -0.2) is 22.4 Å². The van der Waals surface area contributed by atoms with E-state index in [2.05, 4.69) is 16.0 Å². The summed E-state index contributed by atoms with van der Waals surface area (Å²) in [6.45, 7) is 0.191. The molecule has 0 unspecified atom stereocenters. The molecule has 0 bridgehead atoms. The number of hydrogen-bond donors (Lipinski definition) is 5. The van der Waals surface area contributed by atoms with Gasteiger partial charge in [0.15, 0.2) is 0 Å². The van der Waals surface area contributed by atoms with E-state index in [1.54, 1.807) is 0 Å². The maximum absolute atomic E-state index is 12.5. The second-order valence-corrected chi connectivity index (χ2v) is 5.17. The standard InChI is InChI=1S/C16H14F3N3O4/c17-16(18,19)10-3-1-9(2-4-10)8-20-11-5-6-12(21-14(23)24)13(7-11)22-15(25)26/h1-7,20-22H,8H2,(H,23,24)(H,25,26). The molecule has 0 spiro atoms. The van der Waals surface area contributed by atoms with Gasteiger partial charge in [0, 0.05) is 12.2 Å². The SMILES string of the molecule is O=C(O)Nc1ccc(NCc2ccc(C(F)(F)F)cc2)cc1NC(=O)O. The van der Waals surface area contributed by atoms with Crippen LogP contribution in [-0.2, 0) is 12.7 Å². The first kappa shape index (κ1) is 18.9. The van der Waals surface area contributed by atoms with E-state index < -0.39 is 23.9 Å². The molecule has 2 rings (SSSR count). The van der Waals surface area contributed by atoms with E-state index in [1.165, 1.54) is 30.3 Å². The lowest BCUT2D eigenvalue weighted by atomic mass is 10.1. The lowest BCUT2D eigenvalue weighted by molar-refractivity contribution is -0.137. The maximum atomic E-state index is 12.5. The fourth-order valence-corrected chi connectivity index (χ4v) is 2.11. The summed E-state index contributed by atoms with van der Waals surface area (Å²) in [7, 11) is 0. The van der Waals surface area contributed by atoms with Gasteiger partial charge in [0.25, 0.3) is 0 Å². The number of anilines is 3. The largest absolute Gasteiger partial charge is 0.465 e. The molecule has 2 aromatic rings. The highest BCUT2D eigenvalue weighted by Gasteiger charge is 2.29. The number of amides is 2. The average molecular weight is 369 g/mol. The quantitative estimate of drug-likeness (QED) is 0.533. The van der Waals surface area contributed by atoms with Crippen LogP contribution >= 0.6 is 0 Å². The Balaban J connectivity index is 2.11. The zero-order chi connectivity index (χ0) is 19.3. The van der Waals surface area contributed by atoms with Crippen LogP contribution in [0.4, 0.5) is 39.8 Å². The van der Waals surface area contributed by atoms with E-state index in [4.69, 9.17) is 10.2 Å². The second-order valence-electron chi connectivity index (χ2n) is 5.17.